The Labute approximate surface area is 342 Å². The summed E-state index contributed by atoms with van der Waals surface area (Å²) in [6.45, 7) is 16.9. The number of benzene rings is 2. The van der Waals surface area contributed by atoms with Gasteiger partial charge in [-0.25, -0.2) is 41.0 Å². The molecule has 5 rings (SSSR count). The molecule has 0 atom stereocenters. The van der Waals surface area contributed by atoms with Gasteiger partial charge in [0.15, 0.2) is 15.7 Å². The van der Waals surface area contributed by atoms with Gasteiger partial charge in [-0.1, -0.05) is 12.1 Å². The lowest BCUT2D eigenvalue weighted by atomic mass is 9.81. The molecule has 1 saturated carbocycles. The van der Waals surface area contributed by atoms with E-state index in [9.17, 15) is 27.2 Å². The van der Waals surface area contributed by atoms with E-state index in [-0.39, 0.29) is 35.4 Å². The number of pyridine rings is 1. The number of fused-ring (bicyclic) bond motifs is 1. The van der Waals surface area contributed by atoms with Gasteiger partial charge in [0.25, 0.3) is 0 Å². The smallest absolute Gasteiger partial charge is 0.425 e. The zero-order valence-electron chi connectivity index (χ0n) is 35.0. The van der Waals surface area contributed by atoms with E-state index in [2.05, 4.69) is 10.3 Å². The molecule has 59 heavy (non-hydrogen) atoms. The monoisotopic (exact) mass is 843 g/mol. The van der Waals surface area contributed by atoms with Gasteiger partial charge in [0.05, 0.1) is 16.7 Å². The maximum absolute atomic E-state index is 16.5. The summed E-state index contributed by atoms with van der Waals surface area (Å²) in [5, 5.41) is 7.62. The van der Waals surface area contributed by atoms with E-state index in [1.807, 2.05) is 0 Å². The number of rotatable bonds is 8. The quantitative estimate of drug-likeness (QED) is 0.169. The first-order chi connectivity index (χ1) is 27.3. The van der Waals surface area contributed by atoms with Crippen molar-refractivity contribution < 1.29 is 50.2 Å². The second kappa shape index (κ2) is 16.8. The van der Waals surface area contributed by atoms with Crippen molar-refractivity contribution in [3.8, 4) is 11.3 Å². The van der Waals surface area contributed by atoms with Crippen molar-refractivity contribution in [3.63, 3.8) is 0 Å². The van der Waals surface area contributed by atoms with E-state index in [1.165, 1.54) is 23.0 Å². The van der Waals surface area contributed by atoms with Crippen LogP contribution in [-0.2, 0) is 36.3 Å². The highest BCUT2D eigenvalue weighted by molar-refractivity contribution is 7.90. The molecular weight excluding hydrogens is 792 g/mol. The normalized spacial score (nSPS) is 16.4. The molecule has 2 heterocycles. The molecule has 2 aromatic carbocycles. The minimum absolute atomic E-state index is 0.0000926. The van der Waals surface area contributed by atoms with Gasteiger partial charge < -0.3 is 19.5 Å². The third-order valence-corrected chi connectivity index (χ3v) is 10.9. The topological polar surface area (TPSA) is 159 Å². The molecule has 0 aliphatic heterocycles. The number of halogens is 3. The van der Waals surface area contributed by atoms with Crippen molar-refractivity contribution >= 4 is 44.8 Å². The molecule has 0 saturated heterocycles. The maximum atomic E-state index is 16.5. The highest BCUT2D eigenvalue weighted by Crippen LogP contribution is 2.43. The first-order valence-electron chi connectivity index (χ1n) is 19.4. The van der Waals surface area contributed by atoms with Gasteiger partial charge in [0.1, 0.15) is 44.8 Å². The van der Waals surface area contributed by atoms with Crippen LogP contribution in [0.15, 0.2) is 47.5 Å². The lowest BCUT2D eigenvalue weighted by Gasteiger charge is -2.31. The number of alkyl carbamates (subject to hydrolysis) is 1. The maximum Gasteiger partial charge on any atom is 0.425 e. The van der Waals surface area contributed by atoms with Crippen LogP contribution in [-0.4, -0.2) is 64.3 Å². The van der Waals surface area contributed by atoms with Gasteiger partial charge in [0, 0.05) is 29.9 Å². The third kappa shape index (κ3) is 10.7. The second-order valence-corrected chi connectivity index (χ2v) is 19.5. The van der Waals surface area contributed by atoms with Crippen molar-refractivity contribution in [2.24, 2.45) is 0 Å². The van der Waals surface area contributed by atoms with Crippen LogP contribution < -0.4 is 10.2 Å². The number of imide groups is 1. The number of hydrogen-bond acceptors (Lipinski definition) is 10. The molecule has 0 bridgehead atoms. The molecule has 0 radical (unpaired) electrons. The molecular formula is C42H52F3N5O8S. The van der Waals surface area contributed by atoms with Crippen molar-refractivity contribution in [1.82, 2.24) is 20.1 Å². The minimum Gasteiger partial charge on any atom is -0.444 e. The molecule has 3 amide bonds. The van der Waals surface area contributed by atoms with Crippen LogP contribution in [0.25, 0.3) is 22.2 Å². The lowest BCUT2D eigenvalue weighted by Crippen LogP contribution is -2.44. The predicted molar refractivity (Wildman–Crippen MR) is 215 cm³/mol. The summed E-state index contributed by atoms with van der Waals surface area (Å²) in [5.41, 5.74) is -3.03. The summed E-state index contributed by atoms with van der Waals surface area (Å²) in [4.78, 5) is 45.0. The first-order valence-corrected chi connectivity index (χ1v) is 21.0. The summed E-state index contributed by atoms with van der Waals surface area (Å²) in [6, 6.07) is 5.91. The van der Waals surface area contributed by atoms with Crippen LogP contribution in [0.5, 0.6) is 0 Å². The van der Waals surface area contributed by atoms with Gasteiger partial charge in [0.2, 0.25) is 0 Å². The summed E-state index contributed by atoms with van der Waals surface area (Å²) in [5.74, 6) is -4.81. The molecule has 4 aromatic rings. The number of anilines is 1. The standard InChI is InChI=1S/C42H52F3N5O8S/c1-11-49-35-28(24-16-18-26(19-17-24)47-37(51)56-40(2,3)4)22-46-36(50(38(52)57-41(5,6)7)39(53)58-42(8,9)10)33(35)34(48-49)27-21-30(44)25(20-31(27)45)23-59(54,55)32-15-13-12-14-29(32)43/h12-15,20-22,24,26H,11,16-19,23H2,1-10H3,(H,47,51). The summed E-state index contributed by atoms with van der Waals surface area (Å²) in [6.07, 6.45) is 0.941. The van der Waals surface area contributed by atoms with Gasteiger partial charge >= 0.3 is 18.3 Å². The molecule has 1 N–H and O–H groups in total. The minimum atomic E-state index is -4.45. The highest BCUT2D eigenvalue weighted by Gasteiger charge is 2.38. The fraction of sp³-hybridized carbons (Fsp3) is 0.500. The summed E-state index contributed by atoms with van der Waals surface area (Å²) >= 11 is 0. The van der Waals surface area contributed by atoms with Gasteiger partial charge in [-0.3, -0.25) is 4.68 Å². The predicted octanol–water partition coefficient (Wildman–Crippen LogP) is 9.74. The highest BCUT2D eigenvalue weighted by atomic mass is 32.2. The summed E-state index contributed by atoms with van der Waals surface area (Å²) < 4.78 is 91.5. The fourth-order valence-electron chi connectivity index (χ4n) is 6.85. The second-order valence-electron chi connectivity index (χ2n) is 17.5. The SMILES string of the molecule is CCn1nc(-c2cc(F)c(CS(=O)(=O)c3ccccc3F)cc2F)c2c(N(C(=O)OC(C)(C)C)C(=O)OC(C)(C)C)ncc(C3CCC(NC(=O)OC(C)(C)C)CC3)c21. The Morgan fingerprint density at radius 2 is 1.41 bits per heavy atom. The Balaban J connectivity index is 1.69. The molecule has 1 fully saturated rings. The van der Waals surface area contributed by atoms with Crippen LogP contribution in [0.2, 0.25) is 0 Å². The van der Waals surface area contributed by atoms with Crippen molar-refractivity contribution in [2.45, 2.75) is 141 Å². The summed E-state index contributed by atoms with van der Waals surface area (Å²) in [7, 11) is -4.45. The zero-order valence-corrected chi connectivity index (χ0v) is 35.9. The van der Waals surface area contributed by atoms with Crippen molar-refractivity contribution in [1.29, 1.82) is 0 Å². The van der Waals surface area contributed by atoms with Crippen LogP contribution in [0.3, 0.4) is 0 Å². The van der Waals surface area contributed by atoms with Crippen LogP contribution >= 0.6 is 0 Å². The largest absolute Gasteiger partial charge is 0.444 e. The zero-order chi connectivity index (χ0) is 43.8. The number of carbonyl (C=O) groups is 3. The lowest BCUT2D eigenvalue weighted by molar-refractivity contribution is 0.0425. The molecule has 2 aromatic heterocycles. The van der Waals surface area contributed by atoms with E-state index in [0.29, 0.717) is 47.7 Å². The Bertz CT molecular complexity index is 2330. The molecule has 0 spiro atoms. The van der Waals surface area contributed by atoms with Crippen LogP contribution in [0.4, 0.5) is 33.4 Å². The van der Waals surface area contributed by atoms with E-state index in [1.54, 1.807) is 69.2 Å². The van der Waals surface area contributed by atoms with Gasteiger partial charge in [-0.05, 0) is 131 Å². The molecule has 13 nitrogen and oxygen atoms in total. The number of nitrogens with one attached hydrogen (secondary N) is 1. The molecule has 1 aliphatic rings. The Kier molecular flexibility index (Phi) is 12.8. The fourth-order valence-corrected chi connectivity index (χ4v) is 8.29. The van der Waals surface area contributed by atoms with Crippen molar-refractivity contribution in [3.05, 3.63) is 71.2 Å². The van der Waals surface area contributed by atoms with Crippen LogP contribution in [0.1, 0.15) is 112 Å². The van der Waals surface area contributed by atoms with Gasteiger partial charge in [-0.2, -0.15) is 10.00 Å². The number of carbonyl (C=O) groups excluding carboxylic acids is 3. The first kappa shape index (κ1) is 44.9. The third-order valence-electron chi connectivity index (χ3n) is 9.24. The van der Waals surface area contributed by atoms with Crippen molar-refractivity contribution in [2.75, 3.05) is 4.90 Å². The number of amides is 3. The Hall–Kier alpha value is -5.19. The molecule has 320 valence electrons. The number of aryl methyl sites for hydroxylation is 1. The van der Waals surface area contributed by atoms with E-state index < -0.39 is 84.1 Å². The van der Waals surface area contributed by atoms with Gasteiger partial charge in [-0.15, -0.1) is 0 Å². The van der Waals surface area contributed by atoms with E-state index >= 15 is 8.78 Å². The Morgan fingerprint density at radius 1 is 0.831 bits per heavy atom. The number of sulfone groups is 1. The average Bonchev–Trinajstić information content (AvgIpc) is 3.48. The number of ether oxygens (including phenoxy) is 3. The molecule has 1 aliphatic carbocycles. The van der Waals surface area contributed by atoms with E-state index in [0.717, 1.165) is 18.2 Å². The number of nitrogens with zero attached hydrogens (tertiary/aromatic N) is 4. The Morgan fingerprint density at radius 3 is 1.95 bits per heavy atom. The number of aromatic nitrogens is 3. The molecule has 0 unspecified atom stereocenters. The number of hydrogen-bond donors (Lipinski definition) is 1. The van der Waals surface area contributed by atoms with E-state index in [4.69, 9.17) is 19.3 Å². The molecule has 17 heteroatoms. The van der Waals surface area contributed by atoms with Crippen LogP contribution in [0, 0.1) is 17.5 Å². The average molecular weight is 844 g/mol.